The highest BCUT2D eigenvalue weighted by Gasteiger charge is 1.98. The Hall–Kier alpha value is -1.20. The minimum atomic E-state index is 0.460. The standard InChI is InChI=1S/C7H5ClN4S/c8-5-1-3-6(4-2-5)12-7(13)9-10-11-12/h1-4H,(H,9,11,13). The zero-order valence-corrected chi connectivity index (χ0v) is 8.01. The van der Waals surface area contributed by atoms with Crippen molar-refractivity contribution >= 4 is 23.8 Å². The second kappa shape index (κ2) is 3.27. The van der Waals surface area contributed by atoms with Gasteiger partial charge in [0.1, 0.15) is 0 Å². The third kappa shape index (κ3) is 1.61. The Kier molecular flexibility index (Phi) is 2.12. The SMILES string of the molecule is S=c1[nH]nnn1-c1ccc(Cl)cc1. The molecular weight excluding hydrogens is 208 g/mol. The summed E-state index contributed by atoms with van der Waals surface area (Å²) in [5, 5.41) is 10.6. The number of nitrogens with zero attached hydrogens (tertiary/aromatic N) is 3. The Morgan fingerprint density at radius 2 is 2.00 bits per heavy atom. The van der Waals surface area contributed by atoms with Crippen LogP contribution in [0.5, 0.6) is 0 Å². The van der Waals surface area contributed by atoms with E-state index in [0.717, 1.165) is 5.69 Å². The molecule has 1 aromatic carbocycles. The third-order valence-corrected chi connectivity index (χ3v) is 2.06. The first kappa shape index (κ1) is 8.40. The molecule has 1 N–H and O–H groups in total. The Balaban J connectivity index is 2.54. The van der Waals surface area contributed by atoms with Gasteiger partial charge in [-0.3, -0.25) is 0 Å². The van der Waals surface area contributed by atoms with Crippen LogP contribution in [0.3, 0.4) is 0 Å². The van der Waals surface area contributed by atoms with Gasteiger partial charge in [-0.05, 0) is 46.9 Å². The Bertz CT molecular complexity index is 458. The molecule has 0 atom stereocenters. The number of benzene rings is 1. The smallest absolute Gasteiger partial charge is 0.218 e. The van der Waals surface area contributed by atoms with Crippen LogP contribution >= 0.6 is 23.8 Å². The van der Waals surface area contributed by atoms with E-state index in [0.29, 0.717) is 9.79 Å². The zero-order valence-electron chi connectivity index (χ0n) is 6.44. The number of nitrogens with one attached hydrogen (secondary N) is 1. The van der Waals surface area contributed by atoms with Crippen molar-refractivity contribution in [1.82, 2.24) is 20.2 Å². The molecule has 0 spiro atoms. The average molecular weight is 213 g/mol. The second-order valence-corrected chi connectivity index (χ2v) is 3.22. The van der Waals surface area contributed by atoms with Gasteiger partial charge in [-0.1, -0.05) is 11.6 Å². The lowest BCUT2D eigenvalue weighted by molar-refractivity contribution is 0.786. The lowest BCUT2D eigenvalue weighted by Crippen LogP contribution is -1.95. The van der Waals surface area contributed by atoms with E-state index in [1.54, 1.807) is 12.1 Å². The quantitative estimate of drug-likeness (QED) is 0.736. The molecule has 1 aromatic heterocycles. The van der Waals surface area contributed by atoms with Gasteiger partial charge in [-0.25, -0.2) is 5.10 Å². The first-order valence-electron chi connectivity index (χ1n) is 3.54. The van der Waals surface area contributed by atoms with Crippen molar-refractivity contribution < 1.29 is 0 Å². The molecule has 0 bridgehead atoms. The summed E-state index contributed by atoms with van der Waals surface area (Å²) in [6, 6.07) is 7.18. The molecule has 0 fully saturated rings. The van der Waals surface area contributed by atoms with Crippen molar-refractivity contribution in [1.29, 1.82) is 0 Å². The van der Waals surface area contributed by atoms with Crippen molar-refractivity contribution in [3.8, 4) is 5.69 Å². The first-order chi connectivity index (χ1) is 6.27. The van der Waals surface area contributed by atoms with Crippen LogP contribution in [0.4, 0.5) is 0 Å². The lowest BCUT2D eigenvalue weighted by atomic mass is 10.3. The van der Waals surface area contributed by atoms with Gasteiger partial charge in [0, 0.05) is 5.02 Å². The number of aromatic nitrogens is 4. The fourth-order valence-electron chi connectivity index (χ4n) is 0.949. The highest BCUT2D eigenvalue weighted by molar-refractivity contribution is 7.71. The van der Waals surface area contributed by atoms with Crippen molar-refractivity contribution in [2.24, 2.45) is 0 Å². The van der Waals surface area contributed by atoms with Gasteiger partial charge in [-0.15, -0.1) is 0 Å². The minimum absolute atomic E-state index is 0.460. The van der Waals surface area contributed by atoms with E-state index < -0.39 is 0 Å². The Morgan fingerprint density at radius 3 is 2.54 bits per heavy atom. The van der Waals surface area contributed by atoms with Crippen molar-refractivity contribution in [3.63, 3.8) is 0 Å². The van der Waals surface area contributed by atoms with Gasteiger partial charge >= 0.3 is 0 Å². The van der Waals surface area contributed by atoms with Gasteiger partial charge in [0.25, 0.3) is 0 Å². The number of aromatic amines is 1. The average Bonchev–Trinajstić information content (AvgIpc) is 2.53. The van der Waals surface area contributed by atoms with E-state index >= 15 is 0 Å². The topological polar surface area (TPSA) is 46.5 Å². The molecule has 4 nitrogen and oxygen atoms in total. The van der Waals surface area contributed by atoms with Crippen molar-refractivity contribution in [2.75, 3.05) is 0 Å². The molecule has 0 amide bonds. The number of halogens is 1. The van der Waals surface area contributed by atoms with E-state index in [1.165, 1.54) is 4.68 Å². The van der Waals surface area contributed by atoms with E-state index in [2.05, 4.69) is 15.5 Å². The normalized spacial score (nSPS) is 10.2. The molecule has 0 unspecified atom stereocenters. The number of hydrogen-bond acceptors (Lipinski definition) is 3. The van der Waals surface area contributed by atoms with Crippen LogP contribution in [-0.4, -0.2) is 20.2 Å². The molecule has 6 heteroatoms. The molecular formula is C7H5ClN4S. The first-order valence-corrected chi connectivity index (χ1v) is 4.32. The van der Waals surface area contributed by atoms with Gasteiger partial charge in [0.2, 0.25) is 4.77 Å². The second-order valence-electron chi connectivity index (χ2n) is 2.39. The highest BCUT2D eigenvalue weighted by atomic mass is 35.5. The molecule has 1 heterocycles. The highest BCUT2D eigenvalue weighted by Crippen LogP contribution is 2.11. The van der Waals surface area contributed by atoms with Gasteiger partial charge in [-0.2, -0.15) is 4.68 Å². The maximum atomic E-state index is 5.73. The molecule has 0 saturated carbocycles. The molecule has 0 aliphatic carbocycles. The van der Waals surface area contributed by atoms with E-state index in [9.17, 15) is 0 Å². The summed E-state index contributed by atoms with van der Waals surface area (Å²) in [4.78, 5) is 0. The monoisotopic (exact) mass is 212 g/mol. The van der Waals surface area contributed by atoms with Gasteiger partial charge in [0.05, 0.1) is 5.69 Å². The summed E-state index contributed by atoms with van der Waals surface area (Å²) in [6.07, 6.45) is 0. The summed E-state index contributed by atoms with van der Waals surface area (Å²) >= 11 is 10.7. The predicted molar refractivity (Wildman–Crippen MR) is 51.6 cm³/mol. The Labute approximate surface area is 84.1 Å². The fourth-order valence-corrected chi connectivity index (χ4v) is 1.26. The largest absolute Gasteiger partial charge is 0.231 e. The van der Waals surface area contributed by atoms with Crippen LogP contribution in [0.15, 0.2) is 24.3 Å². The Morgan fingerprint density at radius 1 is 1.31 bits per heavy atom. The molecule has 0 aliphatic heterocycles. The summed E-state index contributed by atoms with van der Waals surface area (Å²) in [5.74, 6) is 0. The minimum Gasteiger partial charge on any atom is -0.231 e. The maximum Gasteiger partial charge on any atom is 0.218 e. The zero-order chi connectivity index (χ0) is 9.26. The number of rotatable bonds is 1. The molecule has 66 valence electrons. The molecule has 0 aliphatic rings. The number of tetrazole rings is 1. The van der Waals surface area contributed by atoms with Gasteiger partial charge < -0.3 is 0 Å². The molecule has 0 radical (unpaired) electrons. The summed E-state index contributed by atoms with van der Waals surface area (Å²) in [5.41, 5.74) is 0.836. The van der Waals surface area contributed by atoms with Crippen LogP contribution in [0.1, 0.15) is 0 Å². The van der Waals surface area contributed by atoms with Crippen LogP contribution < -0.4 is 0 Å². The van der Waals surface area contributed by atoms with Crippen LogP contribution in [-0.2, 0) is 0 Å². The predicted octanol–water partition coefficient (Wildman–Crippen LogP) is 1.98. The van der Waals surface area contributed by atoms with Gasteiger partial charge in [0.15, 0.2) is 0 Å². The van der Waals surface area contributed by atoms with Crippen LogP contribution in [0, 0.1) is 4.77 Å². The van der Waals surface area contributed by atoms with Crippen molar-refractivity contribution in [2.45, 2.75) is 0 Å². The van der Waals surface area contributed by atoms with E-state index in [-0.39, 0.29) is 0 Å². The van der Waals surface area contributed by atoms with E-state index in [4.69, 9.17) is 23.8 Å². The number of hydrogen-bond donors (Lipinski definition) is 1. The number of H-pyrrole nitrogens is 1. The molecule has 13 heavy (non-hydrogen) atoms. The summed E-state index contributed by atoms with van der Waals surface area (Å²) in [7, 11) is 0. The van der Waals surface area contributed by atoms with E-state index in [1.807, 2.05) is 12.1 Å². The molecule has 0 saturated heterocycles. The molecule has 2 rings (SSSR count). The van der Waals surface area contributed by atoms with Crippen LogP contribution in [0.25, 0.3) is 5.69 Å². The van der Waals surface area contributed by atoms with Crippen molar-refractivity contribution in [3.05, 3.63) is 34.1 Å². The van der Waals surface area contributed by atoms with Crippen LogP contribution in [0.2, 0.25) is 5.02 Å². The lowest BCUT2D eigenvalue weighted by Gasteiger charge is -1.97. The summed E-state index contributed by atoms with van der Waals surface area (Å²) in [6.45, 7) is 0. The third-order valence-electron chi connectivity index (χ3n) is 1.54. The summed E-state index contributed by atoms with van der Waals surface area (Å²) < 4.78 is 1.98. The maximum absolute atomic E-state index is 5.73. The fraction of sp³-hybridized carbons (Fsp3) is 0. The molecule has 2 aromatic rings.